The van der Waals surface area contributed by atoms with E-state index in [0.29, 0.717) is 24.0 Å². The van der Waals surface area contributed by atoms with Gasteiger partial charge >= 0.3 is 0 Å². The van der Waals surface area contributed by atoms with Gasteiger partial charge in [-0.2, -0.15) is 5.10 Å². The van der Waals surface area contributed by atoms with Crippen molar-refractivity contribution >= 4 is 11.6 Å². The number of aliphatic hydroxyl groups is 1. The van der Waals surface area contributed by atoms with Gasteiger partial charge in [-0.05, 0) is 13.3 Å². The van der Waals surface area contributed by atoms with Crippen LogP contribution in [-0.2, 0) is 19.9 Å². The summed E-state index contributed by atoms with van der Waals surface area (Å²) in [5.41, 5.74) is 0.957. The number of hydrogen-bond acceptors (Lipinski definition) is 3. The Labute approximate surface area is 114 Å². The predicted octanol–water partition coefficient (Wildman–Crippen LogP) is 1.93. The van der Waals surface area contributed by atoms with Gasteiger partial charge < -0.3 is 10.4 Å². The van der Waals surface area contributed by atoms with Gasteiger partial charge in [0, 0.05) is 26.1 Å². The summed E-state index contributed by atoms with van der Waals surface area (Å²) < 4.78 is 1.77. The van der Waals surface area contributed by atoms with Crippen LogP contribution in [0.25, 0.3) is 0 Å². The summed E-state index contributed by atoms with van der Waals surface area (Å²) in [5.74, 6) is 0. The highest BCUT2D eigenvalue weighted by Gasteiger charge is 2.25. The second-order valence-electron chi connectivity index (χ2n) is 5.39. The molecule has 1 heterocycles. The van der Waals surface area contributed by atoms with Crippen molar-refractivity contribution in [1.29, 1.82) is 0 Å². The largest absolute Gasteiger partial charge is 0.388 e. The normalized spacial score (nSPS) is 15.1. The first-order valence-corrected chi connectivity index (χ1v) is 6.80. The maximum atomic E-state index is 10.4. The molecule has 5 heteroatoms. The van der Waals surface area contributed by atoms with E-state index in [-0.39, 0.29) is 0 Å². The molecule has 18 heavy (non-hydrogen) atoms. The molecule has 4 nitrogen and oxygen atoms in total. The number of nitrogens with zero attached hydrogens (tertiary/aromatic N) is 2. The third-order valence-electron chi connectivity index (χ3n) is 2.94. The fourth-order valence-electron chi connectivity index (χ4n) is 1.86. The van der Waals surface area contributed by atoms with E-state index in [1.54, 1.807) is 4.68 Å². The Kier molecular flexibility index (Phi) is 5.20. The third kappa shape index (κ3) is 3.97. The monoisotopic (exact) mass is 273 g/mol. The molecule has 1 atom stereocenters. The van der Waals surface area contributed by atoms with Gasteiger partial charge in [-0.15, -0.1) is 0 Å². The van der Waals surface area contributed by atoms with Crippen molar-refractivity contribution in [3.8, 4) is 0 Å². The Balaban J connectivity index is 2.80. The van der Waals surface area contributed by atoms with Crippen LogP contribution in [0.2, 0.25) is 5.02 Å². The van der Waals surface area contributed by atoms with Crippen LogP contribution in [0, 0.1) is 0 Å². The van der Waals surface area contributed by atoms with Crippen molar-refractivity contribution in [3.63, 3.8) is 0 Å². The van der Waals surface area contributed by atoms with Crippen LogP contribution >= 0.6 is 11.6 Å². The zero-order valence-electron chi connectivity index (χ0n) is 11.9. The average molecular weight is 274 g/mol. The molecule has 0 bridgehead atoms. The first kappa shape index (κ1) is 15.5. The number of hydrogen-bond donors (Lipinski definition) is 2. The average Bonchev–Trinajstić information content (AvgIpc) is 2.54. The van der Waals surface area contributed by atoms with E-state index in [4.69, 9.17) is 11.6 Å². The first-order chi connectivity index (χ1) is 8.26. The smallest absolute Gasteiger partial charge is 0.0850 e. The van der Waals surface area contributed by atoms with E-state index in [9.17, 15) is 5.11 Å². The zero-order chi connectivity index (χ0) is 13.9. The van der Waals surface area contributed by atoms with Gasteiger partial charge in [-0.1, -0.05) is 32.4 Å². The summed E-state index contributed by atoms with van der Waals surface area (Å²) in [7, 11) is 1.87. The van der Waals surface area contributed by atoms with E-state index in [0.717, 1.165) is 17.8 Å². The van der Waals surface area contributed by atoms with Crippen LogP contribution in [0.1, 0.15) is 39.1 Å². The van der Waals surface area contributed by atoms with Crippen molar-refractivity contribution in [2.45, 2.75) is 52.2 Å². The topological polar surface area (TPSA) is 50.1 Å². The molecule has 0 spiro atoms. The Morgan fingerprint density at radius 2 is 2.11 bits per heavy atom. The van der Waals surface area contributed by atoms with Crippen LogP contribution < -0.4 is 5.32 Å². The van der Waals surface area contributed by atoms with E-state index in [1.165, 1.54) is 0 Å². The minimum Gasteiger partial charge on any atom is -0.388 e. The molecule has 0 saturated carbocycles. The molecule has 0 aliphatic carbocycles. The molecule has 1 rings (SSSR count). The van der Waals surface area contributed by atoms with Gasteiger partial charge in [0.05, 0.1) is 22.0 Å². The molecule has 1 aromatic heterocycles. The third-order valence-corrected chi connectivity index (χ3v) is 3.38. The second kappa shape index (κ2) is 6.04. The summed E-state index contributed by atoms with van der Waals surface area (Å²) >= 11 is 6.28. The first-order valence-electron chi connectivity index (χ1n) is 6.43. The lowest BCUT2D eigenvalue weighted by Gasteiger charge is -2.25. The van der Waals surface area contributed by atoms with Gasteiger partial charge in [0.25, 0.3) is 0 Å². The van der Waals surface area contributed by atoms with E-state index >= 15 is 0 Å². The fraction of sp³-hybridized carbons (Fsp3) is 0.769. The maximum Gasteiger partial charge on any atom is 0.0850 e. The lowest BCUT2D eigenvalue weighted by Crippen LogP contribution is -2.42. The van der Waals surface area contributed by atoms with Crippen molar-refractivity contribution in [2.24, 2.45) is 7.05 Å². The minimum atomic E-state index is -0.827. The van der Waals surface area contributed by atoms with Gasteiger partial charge in [0.2, 0.25) is 0 Å². The second-order valence-corrected chi connectivity index (χ2v) is 5.77. The Bertz CT molecular complexity index is 399. The van der Waals surface area contributed by atoms with Crippen molar-refractivity contribution in [3.05, 3.63) is 16.4 Å². The molecule has 0 radical (unpaired) electrons. The molecule has 0 aliphatic rings. The van der Waals surface area contributed by atoms with E-state index in [2.05, 4.69) is 24.3 Å². The standard InChI is InChI=1S/C13H24ClN3O/c1-6-10-12(14)11(17(5)16-10)7-13(4,18)8-15-9(2)3/h9,15,18H,6-8H2,1-5H3. The molecule has 1 unspecified atom stereocenters. The maximum absolute atomic E-state index is 10.4. The number of nitrogens with one attached hydrogen (secondary N) is 1. The fourth-order valence-corrected chi connectivity index (χ4v) is 2.22. The molecule has 0 aromatic carbocycles. The molecular formula is C13H24ClN3O. The molecular weight excluding hydrogens is 250 g/mol. The van der Waals surface area contributed by atoms with Crippen LogP contribution in [0.4, 0.5) is 0 Å². The van der Waals surface area contributed by atoms with Gasteiger partial charge in [-0.3, -0.25) is 4.68 Å². The van der Waals surface area contributed by atoms with Gasteiger partial charge in [-0.25, -0.2) is 0 Å². The molecule has 2 N–H and O–H groups in total. The SMILES string of the molecule is CCc1nn(C)c(CC(C)(O)CNC(C)C)c1Cl. The summed E-state index contributed by atoms with van der Waals surface area (Å²) in [4.78, 5) is 0. The summed E-state index contributed by atoms with van der Waals surface area (Å²) in [6, 6.07) is 0.352. The van der Waals surface area contributed by atoms with Gasteiger partial charge in [0.15, 0.2) is 0 Å². The lowest BCUT2D eigenvalue weighted by atomic mass is 9.99. The number of rotatable bonds is 6. The molecule has 0 fully saturated rings. The molecule has 0 amide bonds. The summed E-state index contributed by atoms with van der Waals surface area (Å²) in [6.45, 7) is 8.49. The van der Waals surface area contributed by atoms with E-state index < -0.39 is 5.60 Å². The minimum absolute atomic E-state index is 0.352. The Hall–Kier alpha value is -0.580. The summed E-state index contributed by atoms with van der Waals surface area (Å²) in [6.07, 6.45) is 1.30. The highest BCUT2D eigenvalue weighted by molar-refractivity contribution is 6.31. The predicted molar refractivity (Wildman–Crippen MR) is 75.1 cm³/mol. The van der Waals surface area contributed by atoms with Crippen molar-refractivity contribution < 1.29 is 5.11 Å². The Morgan fingerprint density at radius 3 is 2.56 bits per heavy atom. The lowest BCUT2D eigenvalue weighted by molar-refractivity contribution is 0.0563. The Morgan fingerprint density at radius 1 is 1.50 bits per heavy atom. The quantitative estimate of drug-likeness (QED) is 0.833. The molecule has 104 valence electrons. The number of aromatic nitrogens is 2. The van der Waals surface area contributed by atoms with Crippen LogP contribution in [-0.4, -0.2) is 33.1 Å². The number of aryl methyl sites for hydroxylation is 2. The highest BCUT2D eigenvalue weighted by Crippen LogP contribution is 2.24. The molecule has 0 saturated heterocycles. The van der Waals surface area contributed by atoms with Gasteiger partial charge in [0.1, 0.15) is 0 Å². The van der Waals surface area contributed by atoms with E-state index in [1.807, 2.05) is 20.9 Å². The van der Waals surface area contributed by atoms with Crippen molar-refractivity contribution in [2.75, 3.05) is 6.54 Å². The van der Waals surface area contributed by atoms with Crippen LogP contribution in [0.3, 0.4) is 0 Å². The molecule has 0 aliphatic heterocycles. The number of halogens is 1. The van der Waals surface area contributed by atoms with Crippen LogP contribution in [0.15, 0.2) is 0 Å². The molecule has 1 aromatic rings. The van der Waals surface area contributed by atoms with Crippen LogP contribution in [0.5, 0.6) is 0 Å². The summed E-state index contributed by atoms with van der Waals surface area (Å²) in [5, 5.41) is 18.7. The zero-order valence-corrected chi connectivity index (χ0v) is 12.7. The van der Waals surface area contributed by atoms with Crippen molar-refractivity contribution in [1.82, 2.24) is 15.1 Å². The highest BCUT2D eigenvalue weighted by atomic mass is 35.5.